The van der Waals surface area contributed by atoms with E-state index in [1.807, 2.05) is 0 Å². The number of nitrogens with one attached hydrogen (secondary N) is 1. The maximum Gasteiger partial charge on any atom is 0.147 e. The largest absolute Gasteiger partial charge is 0.384 e. The molecule has 3 aliphatic rings. The molecular weight excluding hydrogens is 278 g/mol. The van der Waals surface area contributed by atoms with Gasteiger partial charge in [0.05, 0.1) is 13.2 Å². The van der Waals surface area contributed by atoms with Crippen LogP contribution >= 0.6 is 0 Å². The molecule has 0 unspecified atom stereocenters. The monoisotopic (exact) mass is 305 g/mol. The van der Waals surface area contributed by atoms with Gasteiger partial charge in [-0.05, 0) is 38.5 Å². The molecule has 0 saturated heterocycles. The predicted molar refractivity (Wildman–Crippen MR) is 83.5 cm³/mol. The zero-order valence-corrected chi connectivity index (χ0v) is 13.4. The SMILES string of the molecule is COCC1(CNCc2nnc(C3CC(N)C3)n2C2CC2)CC1. The highest BCUT2D eigenvalue weighted by atomic mass is 16.5. The zero-order chi connectivity index (χ0) is 15.2. The number of ether oxygens (including phenoxy) is 1. The van der Waals surface area contributed by atoms with E-state index in [9.17, 15) is 0 Å². The highest BCUT2D eigenvalue weighted by Crippen LogP contribution is 2.45. The van der Waals surface area contributed by atoms with Crippen LogP contribution in [-0.2, 0) is 11.3 Å². The van der Waals surface area contributed by atoms with Crippen LogP contribution in [0.5, 0.6) is 0 Å². The Morgan fingerprint density at radius 3 is 2.68 bits per heavy atom. The van der Waals surface area contributed by atoms with Crippen LogP contribution in [0.1, 0.15) is 62.1 Å². The van der Waals surface area contributed by atoms with Crippen LogP contribution in [0.2, 0.25) is 0 Å². The minimum Gasteiger partial charge on any atom is -0.384 e. The van der Waals surface area contributed by atoms with Crippen molar-refractivity contribution in [2.75, 3.05) is 20.3 Å². The number of hydrogen-bond acceptors (Lipinski definition) is 5. The number of rotatable bonds is 8. The van der Waals surface area contributed by atoms with E-state index in [1.165, 1.54) is 31.5 Å². The Morgan fingerprint density at radius 2 is 2.09 bits per heavy atom. The molecule has 4 rings (SSSR count). The molecule has 0 atom stereocenters. The van der Waals surface area contributed by atoms with E-state index in [2.05, 4.69) is 20.1 Å². The Hall–Kier alpha value is -0.980. The zero-order valence-electron chi connectivity index (χ0n) is 13.4. The van der Waals surface area contributed by atoms with Crippen molar-refractivity contribution in [3.05, 3.63) is 11.6 Å². The Bertz CT molecular complexity index is 529. The summed E-state index contributed by atoms with van der Waals surface area (Å²) in [4.78, 5) is 0. The number of hydrogen-bond donors (Lipinski definition) is 2. The summed E-state index contributed by atoms with van der Waals surface area (Å²) < 4.78 is 7.73. The maximum atomic E-state index is 5.94. The lowest BCUT2D eigenvalue weighted by molar-refractivity contribution is 0.139. The van der Waals surface area contributed by atoms with Crippen molar-refractivity contribution in [3.63, 3.8) is 0 Å². The van der Waals surface area contributed by atoms with Crippen molar-refractivity contribution < 1.29 is 4.74 Å². The summed E-state index contributed by atoms with van der Waals surface area (Å²) in [5.74, 6) is 2.81. The number of aromatic nitrogens is 3. The highest BCUT2D eigenvalue weighted by molar-refractivity contribution is 5.12. The lowest BCUT2D eigenvalue weighted by Gasteiger charge is -2.32. The first-order chi connectivity index (χ1) is 10.7. The summed E-state index contributed by atoms with van der Waals surface area (Å²) in [5, 5.41) is 12.5. The first-order valence-corrected chi connectivity index (χ1v) is 8.60. The molecule has 3 saturated carbocycles. The molecule has 3 fully saturated rings. The third kappa shape index (κ3) is 2.79. The molecule has 1 aromatic heterocycles. The van der Waals surface area contributed by atoms with Gasteiger partial charge in [0.1, 0.15) is 11.6 Å². The van der Waals surface area contributed by atoms with Crippen LogP contribution in [0.3, 0.4) is 0 Å². The first kappa shape index (κ1) is 14.6. The van der Waals surface area contributed by atoms with Gasteiger partial charge in [0.15, 0.2) is 0 Å². The molecule has 0 aromatic carbocycles. The fourth-order valence-electron chi connectivity index (χ4n) is 3.63. The van der Waals surface area contributed by atoms with Crippen molar-refractivity contribution >= 4 is 0 Å². The third-order valence-corrected chi connectivity index (χ3v) is 5.44. The summed E-state index contributed by atoms with van der Waals surface area (Å²) in [7, 11) is 1.79. The van der Waals surface area contributed by atoms with Crippen LogP contribution in [0.25, 0.3) is 0 Å². The molecule has 6 nitrogen and oxygen atoms in total. The molecule has 0 bridgehead atoms. The summed E-state index contributed by atoms with van der Waals surface area (Å²) in [6, 6.07) is 0.993. The molecule has 1 aromatic rings. The van der Waals surface area contributed by atoms with E-state index >= 15 is 0 Å². The summed E-state index contributed by atoms with van der Waals surface area (Å²) in [6.45, 7) is 2.69. The van der Waals surface area contributed by atoms with E-state index in [4.69, 9.17) is 10.5 Å². The summed E-state index contributed by atoms with van der Waals surface area (Å²) in [6.07, 6.45) is 7.21. The molecule has 122 valence electrons. The normalized spacial score (nSPS) is 29.4. The van der Waals surface area contributed by atoms with Crippen molar-refractivity contribution in [1.29, 1.82) is 0 Å². The first-order valence-electron chi connectivity index (χ1n) is 8.60. The predicted octanol–water partition coefficient (Wildman–Crippen LogP) is 1.33. The molecular formula is C16H27N5O. The second-order valence-corrected chi connectivity index (χ2v) is 7.54. The van der Waals surface area contributed by atoms with Crippen LogP contribution in [0.15, 0.2) is 0 Å². The van der Waals surface area contributed by atoms with Crippen molar-refractivity contribution in [2.24, 2.45) is 11.1 Å². The van der Waals surface area contributed by atoms with Gasteiger partial charge in [-0.3, -0.25) is 0 Å². The fraction of sp³-hybridized carbons (Fsp3) is 0.875. The highest BCUT2D eigenvalue weighted by Gasteiger charge is 2.42. The van der Waals surface area contributed by atoms with E-state index in [0.29, 0.717) is 23.4 Å². The Balaban J connectivity index is 1.39. The Kier molecular flexibility index (Phi) is 3.71. The number of nitrogens with zero attached hydrogens (tertiary/aromatic N) is 3. The van der Waals surface area contributed by atoms with Crippen LogP contribution in [-0.4, -0.2) is 41.1 Å². The van der Waals surface area contributed by atoms with Gasteiger partial charge in [0, 0.05) is 37.1 Å². The average Bonchev–Trinajstić information content (AvgIpc) is 3.38. The molecule has 22 heavy (non-hydrogen) atoms. The lowest BCUT2D eigenvalue weighted by atomic mass is 9.80. The molecule has 0 spiro atoms. The minimum absolute atomic E-state index is 0.361. The number of methoxy groups -OCH3 is 1. The van der Waals surface area contributed by atoms with E-state index < -0.39 is 0 Å². The van der Waals surface area contributed by atoms with Gasteiger partial charge in [0.25, 0.3) is 0 Å². The van der Waals surface area contributed by atoms with Crippen molar-refractivity contribution in [1.82, 2.24) is 20.1 Å². The molecule has 1 heterocycles. The molecule has 3 N–H and O–H groups in total. The van der Waals surface area contributed by atoms with E-state index in [0.717, 1.165) is 38.4 Å². The van der Waals surface area contributed by atoms with Gasteiger partial charge in [-0.2, -0.15) is 0 Å². The quantitative estimate of drug-likeness (QED) is 0.757. The molecule has 3 aliphatic carbocycles. The van der Waals surface area contributed by atoms with Crippen molar-refractivity contribution in [3.8, 4) is 0 Å². The van der Waals surface area contributed by atoms with Crippen LogP contribution in [0.4, 0.5) is 0 Å². The third-order valence-electron chi connectivity index (χ3n) is 5.44. The van der Waals surface area contributed by atoms with Crippen LogP contribution < -0.4 is 11.1 Å². The minimum atomic E-state index is 0.361. The maximum absolute atomic E-state index is 5.94. The lowest BCUT2D eigenvalue weighted by Crippen LogP contribution is -2.36. The van der Waals surface area contributed by atoms with Gasteiger partial charge in [-0.15, -0.1) is 10.2 Å². The second-order valence-electron chi connectivity index (χ2n) is 7.54. The molecule has 0 aliphatic heterocycles. The Labute approximate surface area is 131 Å². The van der Waals surface area contributed by atoms with Gasteiger partial charge < -0.3 is 20.4 Å². The van der Waals surface area contributed by atoms with E-state index in [-0.39, 0.29) is 0 Å². The van der Waals surface area contributed by atoms with E-state index in [1.54, 1.807) is 7.11 Å². The molecule has 6 heteroatoms. The summed E-state index contributed by atoms with van der Waals surface area (Å²) in [5.41, 5.74) is 6.31. The average molecular weight is 305 g/mol. The van der Waals surface area contributed by atoms with Gasteiger partial charge in [0.2, 0.25) is 0 Å². The van der Waals surface area contributed by atoms with Gasteiger partial charge >= 0.3 is 0 Å². The molecule has 0 amide bonds. The Morgan fingerprint density at radius 1 is 1.32 bits per heavy atom. The van der Waals surface area contributed by atoms with Crippen molar-refractivity contribution in [2.45, 2.75) is 63.1 Å². The standard InChI is InChI=1S/C16H27N5O/c1-22-10-16(4-5-16)9-18-8-14-19-20-15(11-6-12(17)7-11)21(14)13-2-3-13/h11-13,18H,2-10,17H2,1H3. The summed E-state index contributed by atoms with van der Waals surface area (Å²) >= 11 is 0. The van der Waals surface area contributed by atoms with Gasteiger partial charge in [-0.25, -0.2) is 0 Å². The van der Waals surface area contributed by atoms with Gasteiger partial charge in [-0.1, -0.05) is 0 Å². The fourth-order valence-corrected chi connectivity index (χ4v) is 3.63. The second kappa shape index (κ2) is 5.58. The number of nitrogens with two attached hydrogens (primary N) is 1. The van der Waals surface area contributed by atoms with Crippen LogP contribution in [0, 0.1) is 5.41 Å². The molecule has 0 radical (unpaired) electrons. The topological polar surface area (TPSA) is 78.0 Å². The smallest absolute Gasteiger partial charge is 0.147 e.